The summed E-state index contributed by atoms with van der Waals surface area (Å²) in [5.74, 6) is 0.00762. The van der Waals surface area contributed by atoms with Gasteiger partial charge in [-0.25, -0.2) is 0 Å². The van der Waals surface area contributed by atoms with E-state index >= 15 is 0 Å². The highest BCUT2D eigenvalue weighted by Crippen LogP contribution is 2.10. The van der Waals surface area contributed by atoms with Gasteiger partial charge in [0.15, 0.2) is 0 Å². The Morgan fingerprint density at radius 3 is 2.76 bits per heavy atom. The van der Waals surface area contributed by atoms with E-state index in [0.29, 0.717) is 12.8 Å². The van der Waals surface area contributed by atoms with Crippen molar-refractivity contribution in [2.45, 2.75) is 19.3 Å². The third-order valence-corrected chi connectivity index (χ3v) is 2.44. The molecule has 17 heavy (non-hydrogen) atoms. The lowest BCUT2D eigenvalue weighted by Crippen LogP contribution is -2.02. The average Bonchev–Trinajstić information content (AvgIpc) is 2.78. The number of aromatic nitrogens is 3. The monoisotopic (exact) mass is 231 g/mol. The van der Waals surface area contributed by atoms with Crippen molar-refractivity contribution < 1.29 is 9.90 Å². The van der Waals surface area contributed by atoms with Crippen molar-refractivity contribution in [1.82, 2.24) is 14.8 Å². The number of hydrogen-bond donors (Lipinski definition) is 1. The maximum atomic E-state index is 10.4. The van der Waals surface area contributed by atoms with Crippen LogP contribution < -0.4 is 0 Å². The molecule has 1 aromatic heterocycles. The van der Waals surface area contributed by atoms with E-state index in [2.05, 4.69) is 10.2 Å². The van der Waals surface area contributed by atoms with Gasteiger partial charge in [0.2, 0.25) is 0 Å². The molecule has 0 saturated carbocycles. The summed E-state index contributed by atoms with van der Waals surface area (Å²) in [4.78, 5) is 10.4. The van der Waals surface area contributed by atoms with Gasteiger partial charge < -0.3 is 5.11 Å². The minimum Gasteiger partial charge on any atom is -0.481 e. The van der Waals surface area contributed by atoms with Crippen molar-refractivity contribution >= 4 is 5.97 Å². The smallest absolute Gasteiger partial charge is 0.303 e. The summed E-state index contributed by atoms with van der Waals surface area (Å²) in [6, 6.07) is 9.75. The first kappa shape index (κ1) is 11.3. The summed E-state index contributed by atoms with van der Waals surface area (Å²) in [7, 11) is 0. The van der Waals surface area contributed by atoms with Crippen LogP contribution in [0.1, 0.15) is 18.7 Å². The van der Waals surface area contributed by atoms with E-state index in [0.717, 1.165) is 11.5 Å². The Kier molecular flexibility index (Phi) is 3.49. The van der Waals surface area contributed by atoms with E-state index in [-0.39, 0.29) is 6.42 Å². The number of nitrogens with zero attached hydrogens (tertiary/aromatic N) is 3. The van der Waals surface area contributed by atoms with Gasteiger partial charge in [-0.2, -0.15) is 0 Å². The normalized spacial score (nSPS) is 10.4. The Hall–Kier alpha value is -2.17. The second kappa shape index (κ2) is 5.25. The van der Waals surface area contributed by atoms with Crippen LogP contribution in [-0.4, -0.2) is 25.8 Å². The Morgan fingerprint density at radius 1 is 1.29 bits per heavy atom. The molecule has 0 aliphatic heterocycles. The fourth-order valence-corrected chi connectivity index (χ4v) is 1.63. The molecule has 0 aliphatic carbocycles. The molecule has 5 nitrogen and oxygen atoms in total. The van der Waals surface area contributed by atoms with E-state index in [4.69, 9.17) is 5.11 Å². The highest BCUT2D eigenvalue weighted by atomic mass is 16.4. The Bertz CT molecular complexity index is 493. The third-order valence-electron chi connectivity index (χ3n) is 2.44. The first-order chi connectivity index (χ1) is 8.27. The lowest BCUT2D eigenvalue weighted by atomic mass is 10.2. The third kappa shape index (κ3) is 2.90. The molecule has 1 heterocycles. The van der Waals surface area contributed by atoms with E-state index < -0.39 is 5.97 Å². The summed E-state index contributed by atoms with van der Waals surface area (Å²) >= 11 is 0. The molecule has 0 saturated heterocycles. The minimum atomic E-state index is -0.782. The molecule has 2 rings (SSSR count). The topological polar surface area (TPSA) is 68.0 Å². The van der Waals surface area contributed by atoms with Crippen LogP contribution in [0.25, 0.3) is 5.69 Å². The van der Waals surface area contributed by atoms with E-state index in [1.807, 2.05) is 34.9 Å². The van der Waals surface area contributed by atoms with Gasteiger partial charge in [-0.05, 0) is 18.6 Å². The van der Waals surface area contributed by atoms with E-state index in [1.54, 1.807) is 6.33 Å². The lowest BCUT2D eigenvalue weighted by Gasteiger charge is -2.05. The van der Waals surface area contributed by atoms with Crippen LogP contribution in [0.15, 0.2) is 36.7 Å². The van der Waals surface area contributed by atoms with Gasteiger partial charge in [0.1, 0.15) is 12.2 Å². The molecule has 0 amide bonds. The quantitative estimate of drug-likeness (QED) is 0.850. The van der Waals surface area contributed by atoms with Crippen LogP contribution in [0, 0.1) is 0 Å². The van der Waals surface area contributed by atoms with Crippen molar-refractivity contribution in [3.63, 3.8) is 0 Å². The van der Waals surface area contributed by atoms with Crippen molar-refractivity contribution in [2.75, 3.05) is 0 Å². The Morgan fingerprint density at radius 2 is 2.06 bits per heavy atom. The Balaban J connectivity index is 2.10. The molecule has 88 valence electrons. The molecular weight excluding hydrogens is 218 g/mol. The summed E-state index contributed by atoms with van der Waals surface area (Å²) < 4.78 is 1.88. The molecular formula is C12H13N3O2. The number of aryl methyl sites for hydroxylation is 1. The van der Waals surface area contributed by atoms with Gasteiger partial charge in [0.05, 0.1) is 0 Å². The summed E-state index contributed by atoms with van der Waals surface area (Å²) in [6.07, 6.45) is 2.98. The number of benzene rings is 1. The van der Waals surface area contributed by atoms with Crippen LogP contribution in [0.4, 0.5) is 0 Å². The number of hydrogen-bond acceptors (Lipinski definition) is 3. The fourth-order valence-electron chi connectivity index (χ4n) is 1.63. The zero-order valence-corrected chi connectivity index (χ0v) is 9.28. The summed E-state index contributed by atoms with van der Waals surface area (Å²) in [5.41, 5.74) is 0.989. The predicted molar refractivity (Wildman–Crippen MR) is 61.9 cm³/mol. The number of rotatable bonds is 5. The van der Waals surface area contributed by atoms with Crippen LogP contribution in [-0.2, 0) is 11.2 Å². The average molecular weight is 231 g/mol. The first-order valence-electron chi connectivity index (χ1n) is 5.43. The van der Waals surface area contributed by atoms with Crippen molar-refractivity contribution in [3.05, 3.63) is 42.5 Å². The zero-order valence-electron chi connectivity index (χ0n) is 9.28. The second-order valence-electron chi connectivity index (χ2n) is 3.70. The molecule has 0 aliphatic rings. The van der Waals surface area contributed by atoms with Crippen molar-refractivity contribution in [1.29, 1.82) is 0 Å². The van der Waals surface area contributed by atoms with Crippen LogP contribution >= 0.6 is 0 Å². The van der Waals surface area contributed by atoms with E-state index in [9.17, 15) is 4.79 Å². The number of carboxylic acid groups (broad SMARTS) is 1. The fraction of sp³-hybridized carbons (Fsp3) is 0.250. The summed E-state index contributed by atoms with van der Waals surface area (Å²) in [5, 5.41) is 16.5. The van der Waals surface area contributed by atoms with Crippen LogP contribution in [0.3, 0.4) is 0 Å². The molecule has 1 aromatic carbocycles. The maximum absolute atomic E-state index is 10.4. The largest absolute Gasteiger partial charge is 0.481 e. The van der Waals surface area contributed by atoms with Crippen LogP contribution in [0.2, 0.25) is 0 Å². The molecule has 0 fully saturated rings. The zero-order chi connectivity index (χ0) is 12.1. The Labute approximate surface area is 98.7 Å². The van der Waals surface area contributed by atoms with Gasteiger partial charge in [-0.3, -0.25) is 9.36 Å². The minimum absolute atomic E-state index is 0.154. The molecule has 0 atom stereocenters. The molecule has 0 unspecified atom stereocenters. The van der Waals surface area contributed by atoms with E-state index in [1.165, 1.54) is 0 Å². The van der Waals surface area contributed by atoms with Crippen molar-refractivity contribution in [3.8, 4) is 5.69 Å². The van der Waals surface area contributed by atoms with Gasteiger partial charge in [0, 0.05) is 18.5 Å². The number of carbonyl (C=O) groups is 1. The standard InChI is InChI=1S/C12H13N3O2/c16-12(17)8-4-7-11-14-13-9-15(11)10-5-2-1-3-6-10/h1-3,5-6,9H,4,7-8H2,(H,16,17). The maximum Gasteiger partial charge on any atom is 0.303 e. The molecule has 5 heteroatoms. The van der Waals surface area contributed by atoms with Gasteiger partial charge in [-0.15, -0.1) is 10.2 Å². The van der Waals surface area contributed by atoms with Gasteiger partial charge in [0.25, 0.3) is 0 Å². The molecule has 1 N–H and O–H groups in total. The number of carboxylic acids is 1. The van der Waals surface area contributed by atoms with Crippen molar-refractivity contribution in [2.24, 2.45) is 0 Å². The summed E-state index contributed by atoms with van der Waals surface area (Å²) in [6.45, 7) is 0. The predicted octanol–water partition coefficient (Wildman–Crippen LogP) is 1.67. The number of para-hydroxylation sites is 1. The molecule has 0 spiro atoms. The second-order valence-corrected chi connectivity index (χ2v) is 3.70. The highest BCUT2D eigenvalue weighted by Gasteiger charge is 2.06. The lowest BCUT2D eigenvalue weighted by molar-refractivity contribution is -0.137. The molecule has 2 aromatic rings. The first-order valence-corrected chi connectivity index (χ1v) is 5.43. The van der Waals surface area contributed by atoms with Gasteiger partial charge in [-0.1, -0.05) is 18.2 Å². The van der Waals surface area contributed by atoms with Gasteiger partial charge >= 0.3 is 5.97 Å². The van der Waals surface area contributed by atoms with Crippen LogP contribution in [0.5, 0.6) is 0 Å². The SMILES string of the molecule is O=C(O)CCCc1nncn1-c1ccccc1. The highest BCUT2D eigenvalue weighted by molar-refractivity contribution is 5.66. The molecule has 0 bridgehead atoms. The molecule has 0 radical (unpaired) electrons. The number of aliphatic carboxylic acids is 1.